The number of hydrogen-bond donors (Lipinski definition) is 1. The Labute approximate surface area is 104 Å². The summed E-state index contributed by atoms with van der Waals surface area (Å²) in [7, 11) is 0. The first-order valence-electron chi connectivity index (χ1n) is 6.64. The van der Waals surface area contributed by atoms with Crippen molar-refractivity contribution >= 4 is 11.8 Å². The summed E-state index contributed by atoms with van der Waals surface area (Å²) >= 11 is 1.95. The van der Waals surface area contributed by atoms with Crippen molar-refractivity contribution in [3.63, 3.8) is 0 Å². The van der Waals surface area contributed by atoms with E-state index in [4.69, 9.17) is 0 Å². The first kappa shape index (κ1) is 12.5. The van der Waals surface area contributed by atoms with E-state index in [0.717, 1.165) is 17.8 Å². The van der Waals surface area contributed by atoms with Crippen LogP contribution < -0.4 is 5.32 Å². The zero-order valence-electron chi connectivity index (χ0n) is 10.8. The van der Waals surface area contributed by atoms with Crippen LogP contribution in [0.3, 0.4) is 0 Å². The summed E-state index contributed by atoms with van der Waals surface area (Å²) in [6, 6.07) is 1.36. The predicted octanol–water partition coefficient (Wildman–Crippen LogP) is 3.32. The SMILES string of the molecule is CSCCC(C)NC(C)C1CC2C=CC1C2. The van der Waals surface area contributed by atoms with Gasteiger partial charge in [-0.3, -0.25) is 0 Å². The van der Waals surface area contributed by atoms with E-state index in [0.29, 0.717) is 12.1 Å². The van der Waals surface area contributed by atoms with Crippen LogP contribution in [0.15, 0.2) is 12.2 Å². The van der Waals surface area contributed by atoms with Gasteiger partial charge in [-0.15, -0.1) is 0 Å². The molecule has 0 aromatic rings. The summed E-state index contributed by atoms with van der Waals surface area (Å²) < 4.78 is 0. The molecule has 0 saturated heterocycles. The van der Waals surface area contributed by atoms with E-state index in [2.05, 4.69) is 37.6 Å². The molecule has 0 aromatic carbocycles. The van der Waals surface area contributed by atoms with Gasteiger partial charge in [0.05, 0.1) is 0 Å². The van der Waals surface area contributed by atoms with Crippen molar-refractivity contribution in [2.24, 2.45) is 17.8 Å². The van der Waals surface area contributed by atoms with E-state index >= 15 is 0 Å². The molecule has 0 aliphatic heterocycles. The van der Waals surface area contributed by atoms with Gasteiger partial charge in [0.25, 0.3) is 0 Å². The van der Waals surface area contributed by atoms with Gasteiger partial charge in [-0.2, -0.15) is 11.8 Å². The average molecular weight is 239 g/mol. The third kappa shape index (κ3) is 2.84. The van der Waals surface area contributed by atoms with Crippen molar-refractivity contribution in [2.45, 2.75) is 45.2 Å². The Morgan fingerprint density at radius 3 is 2.69 bits per heavy atom. The molecule has 16 heavy (non-hydrogen) atoms. The highest BCUT2D eigenvalue weighted by Gasteiger charge is 2.38. The van der Waals surface area contributed by atoms with Crippen molar-refractivity contribution < 1.29 is 0 Å². The van der Waals surface area contributed by atoms with E-state index in [1.165, 1.54) is 25.0 Å². The zero-order valence-corrected chi connectivity index (χ0v) is 11.6. The predicted molar refractivity (Wildman–Crippen MR) is 73.9 cm³/mol. The van der Waals surface area contributed by atoms with E-state index in [1.807, 2.05) is 11.8 Å². The van der Waals surface area contributed by atoms with Gasteiger partial charge >= 0.3 is 0 Å². The van der Waals surface area contributed by atoms with Crippen LogP contribution in [0.5, 0.6) is 0 Å². The molecule has 1 N–H and O–H groups in total. The molecule has 2 rings (SSSR count). The molecule has 0 heterocycles. The number of fused-ring (bicyclic) bond motifs is 2. The molecule has 2 bridgehead atoms. The molecule has 2 heteroatoms. The molecule has 2 aliphatic carbocycles. The average Bonchev–Trinajstić information content (AvgIpc) is 2.87. The largest absolute Gasteiger partial charge is 0.311 e. The first-order chi connectivity index (χ1) is 7.70. The fourth-order valence-electron chi connectivity index (χ4n) is 3.35. The lowest BCUT2D eigenvalue weighted by molar-refractivity contribution is 0.303. The normalized spacial score (nSPS) is 35.6. The second-order valence-corrected chi connectivity index (χ2v) is 6.57. The van der Waals surface area contributed by atoms with Gasteiger partial charge in [0.2, 0.25) is 0 Å². The molecule has 5 unspecified atom stereocenters. The van der Waals surface area contributed by atoms with Gasteiger partial charge < -0.3 is 5.32 Å². The highest BCUT2D eigenvalue weighted by Crippen LogP contribution is 2.44. The summed E-state index contributed by atoms with van der Waals surface area (Å²) in [5.74, 6) is 3.95. The number of nitrogens with one attached hydrogen (secondary N) is 1. The Bertz CT molecular complexity index is 251. The van der Waals surface area contributed by atoms with Crippen LogP contribution in [-0.2, 0) is 0 Å². The molecule has 1 nitrogen and oxygen atoms in total. The summed E-state index contributed by atoms with van der Waals surface area (Å²) in [6.07, 6.45) is 11.2. The van der Waals surface area contributed by atoms with E-state index in [9.17, 15) is 0 Å². The minimum Gasteiger partial charge on any atom is -0.311 e. The number of thioether (sulfide) groups is 1. The van der Waals surface area contributed by atoms with E-state index < -0.39 is 0 Å². The van der Waals surface area contributed by atoms with Gasteiger partial charge in [0, 0.05) is 12.1 Å². The smallest absolute Gasteiger partial charge is 0.00753 e. The van der Waals surface area contributed by atoms with Gasteiger partial charge in [-0.05, 0) is 62.9 Å². The molecular formula is C14H25NS. The minimum absolute atomic E-state index is 0.672. The Hall–Kier alpha value is 0.0500. The standard InChI is InChI=1S/C14H25NS/c1-10(6-7-16-3)15-11(2)14-9-12-4-5-13(14)8-12/h4-5,10-15H,6-9H2,1-3H3. The lowest BCUT2D eigenvalue weighted by Crippen LogP contribution is -2.41. The number of hydrogen-bond acceptors (Lipinski definition) is 2. The molecule has 92 valence electrons. The Morgan fingerprint density at radius 1 is 1.31 bits per heavy atom. The van der Waals surface area contributed by atoms with Gasteiger partial charge in [-0.25, -0.2) is 0 Å². The van der Waals surface area contributed by atoms with Crippen molar-refractivity contribution in [3.8, 4) is 0 Å². The third-order valence-corrected chi connectivity index (χ3v) is 4.92. The summed E-state index contributed by atoms with van der Waals surface area (Å²) in [5.41, 5.74) is 0. The van der Waals surface area contributed by atoms with Crippen molar-refractivity contribution in [3.05, 3.63) is 12.2 Å². The summed E-state index contributed by atoms with van der Waals surface area (Å²) in [4.78, 5) is 0. The molecule has 0 amide bonds. The van der Waals surface area contributed by atoms with Crippen LogP contribution in [0, 0.1) is 17.8 Å². The number of allylic oxidation sites excluding steroid dienone is 2. The monoisotopic (exact) mass is 239 g/mol. The molecule has 1 fully saturated rings. The lowest BCUT2D eigenvalue weighted by Gasteiger charge is -2.29. The maximum absolute atomic E-state index is 3.79. The molecule has 0 aromatic heterocycles. The second kappa shape index (κ2) is 5.59. The van der Waals surface area contributed by atoms with Gasteiger partial charge in [0.1, 0.15) is 0 Å². The number of rotatable bonds is 6. The molecule has 0 spiro atoms. The third-order valence-electron chi connectivity index (χ3n) is 4.27. The topological polar surface area (TPSA) is 12.0 Å². The molecule has 5 atom stereocenters. The van der Waals surface area contributed by atoms with Crippen LogP contribution in [0.2, 0.25) is 0 Å². The highest BCUT2D eigenvalue weighted by atomic mass is 32.2. The van der Waals surface area contributed by atoms with Crippen LogP contribution in [-0.4, -0.2) is 24.1 Å². The maximum Gasteiger partial charge on any atom is 0.00753 e. The van der Waals surface area contributed by atoms with Crippen LogP contribution in [0.4, 0.5) is 0 Å². The van der Waals surface area contributed by atoms with Gasteiger partial charge in [-0.1, -0.05) is 12.2 Å². The molecule has 1 saturated carbocycles. The Morgan fingerprint density at radius 2 is 2.12 bits per heavy atom. The molecule has 0 radical (unpaired) electrons. The van der Waals surface area contributed by atoms with Crippen LogP contribution in [0.1, 0.15) is 33.1 Å². The highest BCUT2D eigenvalue weighted by molar-refractivity contribution is 7.98. The molecule has 2 aliphatic rings. The Balaban J connectivity index is 1.75. The first-order valence-corrected chi connectivity index (χ1v) is 8.03. The fraction of sp³-hybridized carbons (Fsp3) is 0.857. The van der Waals surface area contributed by atoms with Crippen LogP contribution in [0.25, 0.3) is 0 Å². The minimum atomic E-state index is 0.672. The zero-order chi connectivity index (χ0) is 11.5. The second-order valence-electron chi connectivity index (χ2n) is 5.58. The van der Waals surface area contributed by atoms with E-state index in [-0.39, 0.29) is 0 Å². The van der Waals surface area contributed by atoms with Crippen molar-refractivity contribution in [1.29, 1.82) is 0 Å². The maximum atomic E-state index is 3.79. The van der Waals surface area contributed by atoms with Gasteiger partial charge in [0.15, 0.2) is 0 Å². The van der Waals surface area contributed by atoms with Crippen LogP contribution >= 0.6 is 11.8 Å². The summed E-state index contributed by atoms with van der Waals surface area (Å²) in [6.45, 7) is 4.71. The van der Waals surface area contributed by atoms with Crippen molar-refractivity contribution in [2.75, 3.05) is 12.0 Å². The Kier molecular flexibility index (Phi) is 4.37. The summed E-state index contributed by atoms with van der Waals surface area (Å²) in [5, 5.41) is 3.79. The fourth-order valence-corrected chi connectivity index (χ4v) is 3.94. The molecular weight excluding hydrogens is 214 g/mol. The van der Waals surface area contributed by atoms with Crippen molar-refractivity contribution in [1.82, 2.24) is 5.32 Å². The quantitative estimate of drug-likeness (QED) is 0.714. The van der Waals surface area contributed by atoms with E-state index in [1.54, 1.807) is 0 Å². The lowest BCUT2D eigenvalue weighted by atomic mass is 9.87.